The molecule has 0 rings (SSSR count). The summed E-state index contributed by atoms with van der Waals surface area (Å²) in [6.07, 6.45) is 82.7. The van der Waals surface area contributed by atoms with Crippen LogP contribution in [0.5, 0.6) is 0 Å². The zero-order chi connectivity index (χ0) is 47.7. The minimum Gasteiger partial charge on any atom is -0.462 e. The van der Waals surface area contributed by atoms with Gasteiger partial charge in [0.1, 0.15) is 6.61 Å². The van der Waals surface area contributed by atoms with E-state index < -0.39 is 6.10 Å². The van der Waals surface area contributed by atoms with E-state index in [-0.39, 0.29) is 25.2 Å². The Labute approximate surface area is 406 Å². The Hall–Kier alpha value is -3.96. The van der Waals surface area contributed by atoms with E-state index in [0.29, 0.717) is 12.8 Å². The highest BCUT2D eigenvalue weighted by atomic mass is 16.6. The molecule has 1 unspecified atom stereocenters. The summed E-state index contributed by atoms with van der Waals surface area (Å²) in [5.41, 5.74) is 0. The van der Waals surface area contributed by atoms with Crippen molar-refractivity contribution in [2.45, 2.75) is 225 Å². The van der Waals surface area contributed by atoms with E-state index >= 15 is 0 Å². The molecule has 0 aliphatic rings. The minimum atomic E-state index is -0.805. The van der Waals surface area contributed by atoms with Crippen molar-refractivity contribution in [1.29, 1.82) is 0 Å². The molecule has 0 saturated carbocycles. The van der Waals surface area contributed by atoms with E-state index in [1.165, 1.54) is 83.5 Å². The normalized spacial score (nSPS) is 13.3. The van der Waals surface area contributed by atoms with Crippen molar-refractivity contribution in [1.82, 2.24) is 0 Å². The van der Waals surface area contributed by atoms with Gasteiger partial charge >= 0.3 is 11.9 Å². The molecule has 0 aliphatic heterocycles. The van der Waals surface area contributed by atoms with E-state index in [2.05, 4.69) is 148 Å². The van der Waals surface area contributed by atoms with Gasteiger partial charge in [0, 0.05) is 12.8 Å². The molecule has 0 aromatic heterocycles. The first-order valence-electron chi connectivity index (χ1n) is 26.7. The number of unbranched alkanes of at least 4 members (excludes halogenated alkanes) is 17. The predicted molar refractivity (Wildman–Crippen MR) is 288 cm³/mol. The maximum atomic E-state index is 12.3. The Balaban J connectivity index is 3.58. The largest absolute Gasteiger partial charge is 0.462 e. The summed E-state index contributed by atoms with van der Waals surface area (Å²) in [6, 6.07) is 0. The highest BCUT2D eigenvalue weighted by molar-refractivity contribution is 5.70. The van der Waals surface area contributed by atoms with Crippen LogP contribution in [0.15, 0.2) is 134 Å². The Bertz CT molecular complexity index is 1400. The number of aliphatic hydroxyl groups is 1. The van der Waals surface area contributed by atoms with E-state index in [1.54, 1.807) is 0 Å². The number of esters is 2. The summed E-state index contributed by atoms with van der Waals surface area (Å²) in [5, 5.41) is 9.63. The molecule has 1 N–H and O–H groups in total. The first-order valence-corrected chi connectivity index (χ1v) is 26.7. The third-order valence-electron chi connectivity index (χ3n) is 10.9. The van der Waals surface area contributed by atoms with Gasteiger partial charge in [-0.15, -0.1) is 0 Å². The number of carbonyl (C=O) groups excluding carboxylic acids is 2. The van der Waals surface area contributed by atoms with Crippen molar-refractivity contribution >= 4 is 11.9 Å². The summed E-state index contributed by atoms with van der Waals surface area (Å²) in [4.78, 5) is 24.5. The molecular weight excluding hydrogens is 813 g/mol. The molecule has 5 heteroatoms. The number of hydrogen-bond acceptors (Lipinski definition) is 5. The van der Waals surface area contributed by atoms with Gasteiger partial charge in [0.25, 0.3) is 0 Å². The number of hydrogen-bond donors (Lipinski definition) is 1. The summed E-state index contributed by atoms with van der Waals surface area (Å²) >= 11 is 0. The van der Waals surface area contributed by atoms with Gasteiger partial charge in [0.05, 0.1) is 6.61 Å². The zero-order valence-corrected chi connectivity index (χ0v) is 42.4. The van der Waals surface area contributed by atoms with Crippen LogP contribution in [-0.2, 0) is 19.1 Å². The van der Waals surface area contributed by atoms with Crippen LogP contribution in [0.1, 0.15) is 219 Å². The third kappa shape index (κ3) is 52.7. The van der Waals surface area contributed by atoms with Crippen LogP contribution < -0.4 is 0 Å². The Kier molecular flexibility index (Phi) is 52.0. The van der Waals surface area contributed by atoms with Gasteiger partial charge in [-0.1, -0.05) is 231 Å². The van der Waals surface area contributed by atoms with E-state index in [1.807, 2.05) is 0 Å². The molecule has 0 radical (unpaired) electrons. The fourth-order valence-electron chi connectivity index (χ4n) is 7.00. The molecule has 0 aromatic carbocycles. The van der Waals surface area contributed by atoms with E-state index in [0.717, 1.165) is 109 Å². The first-order chi connectivity index (χ1) is 32.6. The Morgan fingerprint density at radius 1 is 0.348 bits per heavy atom. The monoisotopic (exact) mass is 911 g/mol. The summed E-state index contributed by atoms with van der Waals surface area (Å²) in [6.45, 7) is 3.87. The van der Waals surface area contributed by atoms with Crippen molar-refractivity contribution in [2.75, 3.05) is 13.2 Å². The molecule has 0 spiro atoms. The maximum absolute atomic E-state index is 12.3. The molecule has 0 fully saturated rings. The molecule has 0 saturated heterocycles. The molecule has 66 heavy (non-hydrogen) atoms. The second kappa shape index (κ2) is 55.4. The molecule has 0 bridgehead atoms. The van der Waals surface area contributed by atoms with Crippen LogP contribution in [0.4, 0.5) is 0 Å². The minimum absolute atomic E-state index is 0.0912. The molecule has 1 atom stereocenters. The van der Waals surface area contributed by atoms with Crippen LogP contribution in [0.3, 0.4) is 0 Å². The topological polar surface area (TPSA) is 72.8 Å². The lowest BCUT2D eigenvalue weighted by Gasteiger charge is -2.15. The summed E-state index contributed by atoms with van der Waals surface area (Å²) in [7, 11) is 0. The van der Waals surface area contributed by atoms with Crippen LogP contribution in [0, 0.1) is 0 Å². The quantitative estimate of drug-likeness (QED) is 0.0374. The number of ether oxygens (including phenoxy) is 2. The molecule has 5 nitrogen and oxygen atoms in total. The van der Waals surface area contributed by atoms with Gasteiger partial charge in [-0.3, -0.25) is 9.59 Å². The second-order valence-electron chi connectivity index (χ2n) is 17.2. The smallest absolute Gasteiger partial charge is 0.306 e. The number of rotatable bonds is 47. The standard InChI is InChI=1S/C61H98O5/c1-3-5-7-9-11-13-15-17-19-21-23-25-26-27-28-29-30-31-32-33-34-36-37-39-41-43-45-47-49-51-53-55-60(63)65-58-59(57-62)66-61(64)56-54-52-50-48-46-44-42-40-38-35-24-22-20-18-16-14-12-10-8-6-4-2/h5-8,11-14,17-20,23-25,27-28,35,40,42,46,48,59,62H,3-4,9-10,15-16,21-22,26,29-34,36-39,41,43-45,47,49-58H2,1-2H3/b7-5-,8-6-,13-11-,14-12-,19-17-,20-18-,25-23-,28-27-,35-24-,42-40-,48-46-. The van der Waals surface area contributed by atoms with Crippen LogP contribution in [0.25, 0.3) is 0 Å². The molecule has 0 heterocycles. The van der Waals surface area contributed by atoms with E-state index in [4.69, 9.17) is 9.47 Å². The van der Waals surface area contributed by atoms with Crippen LogP contribution in [-0.4, -0.2) is 36.4 Å². The fourth-order valence-corrected chi connectivity index (χ4v) is 7.00. The van der Waals surface area contributed by atoms with E-state index in [9.17, 15) is 14.7 Å². The van der Waals surface area contributed by atoms with Crippen molar-refractivity contribution in [3.05, 3.63) is 134 Å². The highest BCUT2D eigenvalue weighted by Crippen LogP contribution is 2.15. The lowest BCUT2D eigenvalue weighted by molar-refractivity contribution is -0.161. The highest BCUT2D eigenvalue weighted by Gasteiger charge is 2.16. The van der Waals surface area contributed by atoms with Crippen molar-refractivity contribution in [2.24, 2.45) is 0 Å². The van der Waals surface area contributed by atoms with Gasteiger partial charge in [-0.25, -0.2) is 0 Å². The lowest BCUT2D eigenvalue weighted by Crippen LogP contribution is -2.28. The maximum Gasteiger partial charge on any atom is 0.306 e. The molecule has 0 amide bonds. The van der Waals surface area contributed by atoms with Crippen molar-refractivity contribution < 1.29 is 24.2 Å². The fraction of sp³-hybridized carbons (Fsp3) is 0.607. The van der Waals surface area contributed by atoms with Crippen LogP contribution >= 0.6 is 0 Å². The number of allylic oxidation sites excluding steroid dienone is 22. The lowest BCUT2D eigenvalue weighted by atomic mass is 10.0. The average Bonchev–Trinajstić information content (AvgIpc) is 3.32. The third-order valence-corrected chi connectivity index (χ3v) is 10.9. The molecule has 372 valence electrons. The molecule has 0 aromatic rings. The van der Waals surface area contributed by atoms with Gasteiger partial charge in [0.15, 0.2) is 6.10 Å². The predicted octanol–water partition coefficient (Wildman–Crippen LogP) is 18.1. The van der Waals surface area contributed by atoms with Crippen molar-refractivity contribution in [3.8, 4) is 0 Å². The second-order valence-corrected chi connectivity index (χ2v) is 17.2. The number of aliphatic hydroxyl groups excluding tert-OH is 1. The molecule has 0 aliphatic carbocycles. The Morgan fingerprint density at radius 2 is 0.606 bits per heavy atom. The number of carbonyl (C=O) groups is 2. The SMILES string of the molecule is CC/C=C\C/C=C\C/C=C\C/C=C\C/C=C\C/C=C\CCCCC(=O)OC(CO)COC(=O)CCCCCCCCCCCCCCCCC/C=C\C/C=C\C/C=C\C/C=C\C/C=C\CC. The summed E-state index contributed by atoms with van der Waals surface area (Å²) < 4.78 is 10.7. The van der Waals surface area contributed by atoms with Gasteiger partial charge in [0.2, 0.25) is 0 Å². The van der Waals surface area contributed by atoms with Crippen LogP contribution in [0.2, 0.25) is 0 Å². The van der Waals surface area contributed by atoms with Crippen molar-refractivity contribution in [3.63, 3.8) is 0 Å². The van der Waals surface area contributed by atoms with Gasteiger partial charge < -0.3 is 14.6 Å². The average molecular weight is 911 g/mol. The first kappa shape index (κ1) is 62.0. The summed E-state index contributed by atoms with van der Waals surface area (Å²) in [5.74, 6) is -0.648. The molecular formula is C61H98O5. The van der Waals surface area contributed by atoms with Gasteiger partial charge in [-0.2, -0.15) is 0 Å². The zero-order valence-electron chi connectivity index (χ0n) is 42.4. The van der Waals surface area contributed by atoms with Gasteiger partial charge in [-0.05, 0) is 109 Å². The Morgan fingerprint density at radius 3 is 0.939 bits per heavy atom.